The fraction of sp³-hybridized carbons (Fsp3) is 1.00. The van der Waals surface area contributed by atoms with Gasteiger partial charge in [-0.1, -0.05) is 0 Å². The second kappa shape index (κ2) is 2.41. The molecule has 4 nitrogen and oxygen atoms in total. The molecule has 0 aromatic rings. The summed E-state index contributed by atoms with van der Waals surface area (Å²) < 4.78 is 4.70. The highest BCUT2D eigenvalue weighted by Crippen LogP contribution is 1.99. The van der Waals surface area contributed by atoms with Gasteiger partial charge in [-0.05, 0) is 0 Å². The van der Waals surface area contributed by atoms with Crippen LogP contribution in [0.1, 0.15) is 0 Å². The molecule has 2 atom stereocenters. The highest BCUT2D eigenvalue weighted by Gasteiger charge is 2.20. The molecule has 8 heavy (non-hydrogen) atoms. The van der Waals surface area contributed by atoms with Crippen molar-refractivity contribution in [3.63, 3.8) is 0 Å². The fourth-order valence-electron chi connectivity index (χ4n) is 0.618. The molecule has 0 amide bonds. The Morgan fingerprint density at radius 2 is 2.50 bits per heavy atom. The van der Waals surface area contributed by atoms with Crippen LogP contribution >= 0.6 is 0 Å². The molecule has 0 aromatic carbocycles. The van der Waals surface area contributed by atoms with E-state index >= 15 is 0 Å². The van der Waals surface area contributed by atoms with Gasteiger partial charge >= 0.3 is 0 Å². The lowest BCUT2D eigenvalue weighted by Crippen LogP contribution is -2.21. The smallest absolute Gasteiger partial charge is 0.213 e. The van der Waals surface area contributed by atoms with E-state index in [0.717, 1.165) is 0 Å². The first-order valence-corrected chi connectivity index (χ1v) is 2.50. The van der Waals surface area contributed by atoms with E-state index < -0.39 is 6.41 Å². The van der Waals surface area contributed by atoms with Gasteiger partial charge in [-0.3, -0.25) is 5.32 Å². The average Bonchev–Trinajstić information content (AvgIpc) is 2.14. The lowest BCUT2D eigenvalue weighted by Gasteiger charge is -2.02. The highest BCUT2D eigenvalue weighted by molar-refractivity contribution is 4.65. The van der Waals surface area contributed by atoms with Gasteiger partial charge in [0.1, 0.15) is 0 Å². The van der Waals surface area contributed by atoms with Crippen molar-refractivity contribution in [3.05, 3.63) is 0 Å². The molecule has 0 spiro atoms. The second-order valence-corrected chi connectivity index (χ2v) is 1.70. The number of hydrogen-bond acceptors (Lipinski definition) is 4. The van der Waals surface area contributed by atoms with Gasteiger partial charge in [0.2, 0.25) is 6.41 Å². The molecule has 48 valence electrons. The molecule has 0 bridgehead atoms. The lowest BCUT2D eigenvalue weighted by atomic mass is 10.4. The summed E-state index contributed by atoms with van der Waals surface area (Å²) in [4.78, 5) is 0. The summed E-state index contributed by atoms with van der Waals surface area (Å²) in [5.74, 6) is 0. The number of hydrogen-bond donors (Lipinski definition) is 3. The van der Waals surface area contributed by atoms with Crippen molar-refractivity contribution < 1.29 is 14.9 Å². The number of nitrogens with one attached hydrogen (secondary N) is 1. The first kappa shape index (κ1) is 5.97. The Labute approximate surface area is 47.1 Å². The molecule has 1 unspecified atom stereocenters. The lowest BCUT2D eigenvalue weighted by molar-refractivity contribution is -0.109. The van der Waals surface area contributed by atoms with Gasteiger partial charge < -0.3 is 14.9 Å². The molecule has 0 radical (unpaired) electrons. The van der Waals surface area contributed by atoms with E-state index in [9.17, 15) is 0 Å². The number of aliphatic hydroxyl groups is 2. The monoisotopic (exact) mass is 119 g/mol. The predicted molar refractivity (Wildman–Crippen MR) is 26.0 cm³/mol. The van der Waals surface area contributed by atoms with Crippen molar-refractivity contribution in [2.75, 3.05) is 13.2 Å². The third-order valence-electron chi connectivity index (χ3n) is 1.05. The summed E-state index contributed by atoms with van der Waals surface area (Å²) in [6.07, 6.45) is -1.11. The van der Waals surface area contributed by atoms with Gasteiger partial charge in [-0.25, -0.2) is 0 Å². The summed E-state index contributed by atoms with van der Waals surface area (Å²) in [6, 6.07) is 0. The summed E-state index contributed by atoms with van der Waals surface area (Å²) in [5.41, 5.74) is 0. The van der Waals surface area contributed by atoms with Crippen LogP contribution in [0.5, 0.6) is 0 Å². The van der Waals surface area contributed by atoms with Gasteiger partial charge in [-0.15, -0.1) is 0 Å². The summed E-state index contributed by atoms with van der Waals surface area (Å²) in [7, 11) is 0. The molecule has 0 aliphatic carbocycles. The molecule has 1 rings (SSSR count). The van der Waals surface area contributed by atoms with Gasteiger partial charge in [0.15, 0.2) is 0 Å². The molecule has 1 saturated heterocycles. The zero-order chi connectivity index (χ0) is 5.98. The normalized spacial score (nSPS) is 38.2. The van der Waals surface area contributed by atoms with E-state index in [1.165, 1.54) is 0 Å². The molecule has 1 aliphatic rings. The molecular formula is C4H9NO3. The van der Waals surface area contributed by atoms with Crippen molar-refractivity contribution in [2.45, 2.75) is 12.5 Å². The first-order chi connectivity index (χ1) is 3.83. The van der Waals surface area contributed by atoms with Crippen LogP contribution in [0, 0.1) is 0 Å². The van der Waals surface area contributed by atoms with E-state index in [1.807, 2.05) is 0 Å². The Morgan fingerprint density at radius 1 is 1.75 bits per heavy atom. The van der Waals surface area contributed by atoms with Gasteiger partial charge in [0.25, 0.3) is 0 Å². The molecule has 3 N–H and O–H groups in total. The van der Waals surface area contributed by atoms with E-state index in [2.05, 4.69) is 5.32 Å². The number of aliphatic hydroxyl groups excluding tert-OH is 2. The van der Waals surface area contributed by atoms with E-state index in [1.54, 1.807) is 0 Å². The van der Waals surface area contributed by atoms with Crippen LogP contribution in [0.4, 0.5) is 0 Å². The Bertz CT molecular complexity index is 77.7. The zero-order valence-electron chi connectivity index (χ0n) is 4.37. The van der Waals surface area contributed by atoms with Crippen molar-refractivity contribution in [3.8, 4) is 0 Å². The molecule has 1 aliphatic heterocycles. The topological polar surface area (TPSA) is 61.7 Å². The third-order valence-corrected chi connectivity index (χ3v) is 1.05. The van der Waals surface area contributed by atoms with Gasteiger partial charge in [0, 0.05) is 6.54 Å². The predicted octanol–water partition coefficient (Wildman–Crippen LogP) is -1.76. The first-order valence-electron chi connectivity index (χ1n) is 2.50. The number of rotatable bonds is 1. The molecule has 4 heteroatoms. The van der Waals surface area contributed by atoms with Crippen LogP contribution in [0.15, 0.2) is 0 Å². The Balaban J connectivity index is 2.22. The maximum atomic E-state index is 8.59. The van der Waals surface area contributed by atoms with Crippen molar-refractivity contribution in [2.24, 2.45) is 0 Å². The minimum Gasteiger partial charge on any atom is -0.394 e. The minimum atomic E-state index is -0.882. The molecule has 0 aromatic heterocycles. The quantitative estimate of drug-likeness (QED) is 0.383. The third kappa shape index (κ3) is 1.16. The molecule has 1 fully saturated rings. The van der Waals surface area contributed by atoms with Crippen molar-refractivity contribution in [1.29, 1.82) is 0 Å². The minimum absolute atomic E-state index is 0.0376. The zero-order valence-corrected chi connectivity index (χ0v) is 4.37. The summed E-state index contributed by atoms with van der Waals surface area (Å²) in [6.45, 7) is 0.488. The largest absolute Gasteiger partial charge is 0.394 e. The van der Waals surface area contributed by atoms with E-state index in [0.29, 0.717) is 6.54 Å². The van der Waals surface area contributed by atoms with Gasteiger partial charge in [0.05, 0.1) is 12.7 Å². The van der Waals surface area contributed by atoms with Crippen LogP contribution in [-0.4, -0.2) is 35.9 Å². The maximum absolute atomic E-state index is 8.59. The summed E-state index contributed by atoms with van der Waals surface area (Å²) >= 11 is 0. The standard InChI is InChI=1S/C4H9NO3/c6-2-3-1-5-4(7)8-3/h3-7H,1-2H2/t3-,4?/m0/s1. The van der Waals surface area contributed by atoms with Gasteiger partial charge in [-0.2, -0.15) is 0 Å². The van der Waals surface area contributed by atoms with Crippen LogP contribution < -0.4 is 5.32 Å². The van der Waals surface area contributed by atoms with Crippen LogP contribution in [0.3, 0.4) is 0 Å². The fourth-order valence-corrected chi connectivity index (χ4v) is 0.618. The van der Waals surface area contributed by atoms with E-state index in [4.69, 9.17) is 14.9 Å². The Morgan fingerprint density at radius 3 is 2.75 bits per heavy atom. The molecular weight excluding hydrogens is 110 g/mol. The Kier molecular flexibility index (Phi) is 1.80. The average molecular weight is 119 g/mol. The van der Waals surface area contributed by atoms with Crippen LogP contribution in [-0.2, 0) is 4.74 Å². The second-order valence-electron chi connectivity index (χ2n) is 1.70. The van der Waals surface area contributed by atoms with E-state index in [-0.39, 0.29) is 12.7 Å². The van der Waals surface area contributed by atoms with Crippen molar-refractivity contribution >= 4 is 0 Å². The SMILES string of the molecule is OC[C@@H]1CNC(O)O1. The van der Waals surface area contributed by atoms with Crippen LogP contribution in [0.25, 0.3) is 0 Å². The van der Waals surface area contributed by atoms with Crippen LogP contribution in [0.2, 0.25) is 0 Å². The highest BCUT2D eigenvalue weighted by atomic mass is 16.6. The Hall–Kier alpha value is -0.160. The molecule has 0 saturated carbocycles. The molecule has 1 heterocycles. The summed E-state index contributed by atoms with van der Waals surface area (Å²) in [5, 5.41) is 19.6. The van der Waals surface area contributed by atoms with Crippen molar-refractivity contribution in [1.82, 2.24) is 5.32 Å². The maximum Gasteiger partial charge on any atom is 0.213 e. The number of ether oxygens (including phenoxy) is 1.